The van der Waals surface area contributed by atoms with Gasteiger partial charge >= 0.3 is 11.9 Å². The van der Waals surface area contributed by atoms with Gasteiger partial charge in [-0.3, -0.25) is 0 Å². The molecule has 25 heavy (non-hydrogen) atoms. The number of rotatable bonds is 4. The van der Waals surface area contributed by atoms with Crippen LogP contribution in [-0.2, 0) is 28.5 Å². The van der Waals surface area contributed by atoms with Gasteiger partial charge in [0.1, 0.15) is 17.9 Å². The van der Waals surface area contributed by atoms with Crippen LogP contribution in [0.15, 0.2) is 28.2 Å². The summed E-state index contributed by atoms with van der Waals surface area (Å²) in [5, 5.41) is 0. The summed E-state index contributed by atoms with van der Waals surface area (Å²) in [6.45, 7) is 4.24. The largest absolute Gasteiger partial charge is 0.488 e. The Morgan fingerprint density at radius 1 is 1.20 bits per heavy atom. The molecule has 8 heteroatoms. The fourth-order valence-corrected chi connectivity index (χ4v) is 2.74. The van der Waals surface area contributed by atoms with Crippen LogP contribution in [-0.4, -0.2) is 43.8 Å². The third-order valence-corrected chi connectivity index (χ3v) is 3.95. The van der Waals surface area contributed by atoms with Crippen molar-refractivity contribution < 1.29 is 33.3 Å². The van der Waals surface area contributed by atoms with Gasteiger partial charge in [0, 0.05) is 23.9 Å². The molecule has 2 heterocycles. The standard InChI is InChI=1S/C17H17BrO7/c1-17(2)24-15(19)12(16(20)25-17)8-10-7-11(18)3-4-13(10)23-9-14-21-5-6-22-14/h3-4,7-8,14H,5-6,9H2,1-2H3. The third-order valence-electron chi connectivity index (χ3n) is 3.45. The van der Waals surface area contributed by atoms with Crippen LogP contribution in [0.5, 0.6) is 5.75 Å². The lowest BCUT2D eigenvalue weighted by atomic mass is 10.1. The second kappa shape index (κ2) is 7.15. The number of ether oxygens (including phenoxy) is 5. The number of benzene rings is 1. The maximum atomic E-state index is 12.1. The summed E-state index contributed by atoms with van der Waals surface area (Å²) in [6, 6.07) is 5.22. The Bertz CT molecular complexity index is 698. The first-order chi connectivity index (χ1) is 11.8. The summed E-state index contributed by atoms with van der Waals surface area (Å²) in [5.74, 6) is -2.29. The predicted octanol–water partition coefficient (Wildman–Crippen LogP) is 2.42. The van der Waals surface area contributed by atoms with Crippen LogP contribution < -0.4 is 4.74 Å². The molecule has 2 aliphatic heterocycles. The highest BCUT2D eigenvalue weighted by molar-refractivity contribution is 9.10. The minimum absolute atomic E-state index is 0.194. The van der Waals surface area contributed by atoms with Crippen molar-refractivity contribution in [2.24, 2.45) is 0 Å². The zero-order valence-electron chi connectivity index (χ0n) is 13.7. The predicted molar refractivity (Wildman–Crippen MR) is 89.6 cm³/mol. The number of carbonyl (C=O) groups is 2. The van der Waals surface area contributed by atoms with E-state index in [9.17, 15) is 9.59 Å². The Hall–Kier alpha value is -1.90. The van der Waals surface area contributed by atoms with Gasteiger partial charge in [0.05, 0.1) is 13.2 Å². The number of hydrogen-bond acceptors (Lipinski definition) is 7. The van der Waals surface area contributed by atoms with Crippen LogP contribution in [0, 0.1) is 0 Å². The summed E-state index contributed by atoms with van der Waals surface area (Å²) in [5.41, 5.74) is 0.326. The van der Waals surface area contributed by atoms with Gasteiger partial charge in [0.2, 0.25) is 0 Å². The van der Waals surface area contributed by atoms with E-state index in [1.54, 1.807) is 18.2 Å². The van der Waals surface area contributed by atoms with Crippen molar-refractivity contribution in [3.63, 3.8) is 0 Å². The highest BCUT2D eigenvalue weighted by Gasteiger charge is 2.39. The van der Waals surface area contributed by atoms with E-state index in [4.69, 9.17) is 23.7 Å². The van der Waals surface area contributed by atoms with Crippen LogP contribution in [0.3, 0.4) is 0 Å². The fraction of sp³-hybridized carbons (Fsp3) is 0.412. The molecule has 0 aromatic heterocycles. The van der Waals surface area contributed by atoms with E-state index < -0.39 is 24.0 Å². The smallest absolute Gasteiger partial charge is 0.348 e. The van der Waals surface area contributed by atoms with Gasteiger partial charge < -0.3 is 23.7 Å². The summed E-state index contributed by atoms with van der Waals surface area (Å²) in [7, 11) is 0. The molecular weight excluding hydrogens is 396 g/mol. The highest BCUT2D eigenvalue weighted by atomic mass is 79.9. The van der Waals surface area contributed by atoms with Crippen LogP contribution in [0.4, 0.5) is 0 Å². The van der Waals surface area contributed by atoms with Gasteiger partial charge in [-0.15, -0.1) is 0 Å². The first kappa shape index (κ1) is 17.9. The van der Waals surface area contributed by atoms with Gasteiger partial charge in [0.15, 0.2) is 6.29 Å². The first-order valence-electron chi connectivity index (χ1n) is 7.68. The lowest BCUT2D eigenvalue weighted by Crippen LogP contribution is -2.41. The van der Waals surface area contributed by atoms with Crippen molar-refractivity contribution in [2.75, 3.05) is 19.8 Å². The normalized spacial score (nSPS) is 20.2. The Morgan fingerprint density at radius 3 is 2.48 bits per heavy atom. The van der Waals surface area contributed by atoms with Crippen LogP contribution >= 0.6 is 15.9 Å². The summed E-state index contributed by atoms with van der Waals surface area (Å²) >= 11 is 3.36. The fourth-order valence-electron chi connectivity index (χ4n) is 2.36. The summed E-state index contributed by atoms with van der Waals surface area (Å²) in [4.78, 5) is 24.2. The van der Waals surface area contributed by atoms with Crippen molar-refractivity contribution in [2.45, 2.75) is 25.9 Å². The monoisotopic (exact) mass is 412 g/mol. The molecule has 2 saturated heterocycles. The van der Waals surface area contributed by atoms with Gasteiger partial charge in [-0.05, 0) is 24.3 Å². The Labute approximate surface area is 153 Å². The first-order valence-corrected chi connectivity index (χ1v) is 8.47. The zero-order chi connectivity index (χ0) is 18.0. The second-order valence-corrected chi connectivity index (χ2v) is 6.82. The minimum atomic E-state index is -1.28. The molecule has 0 atom stereocenters. The van der Waals surface area contributed by atoms with Crippen molar-refractivity contribution in [3.8, 4) is 5.75 Å². The van der Waals surface area contributed by atoms with Crippen molar-refractivity contribution >= 4 is 33.9 Å². The van der Waals surface area contributed by atoms with Crippen molar-refractivity contribution in [1.29, 1.82) is 0 Å². The van der Waals surface area contributed by atoms with E-state index in [0.717, 1.165) is 4.47 Å². The van der Waals surface area contributed by atoms with E-state index in [0.29, 0.717) is 24.5 Å². The van der Waals surface area contributed by atoms with Crippen LogP contribution in [0.1, 0.15) is 19.4 Å². The van der Waals surface area contributed by atoms with Gasteiger partial charge in [-0.1, -0.05) is 15.9 Å². The number of carbonyl (C=O) groups excluding carboxylic acids is 2. The Balaban J connectivity index is 1.84. The van der Waals surface area contributed by atoms with Gasteiger partial charge in [0.25, 0.3) is 5.79 Å². The van der Waals surface area contributed by atoms with E-state index in [-0.39, 0.29) is 12.2 Å². The van der Waals surface area contributed by atoms with Crippen LogP contribution in [0.25, 0.3) is 6.08 Å². The molecule has 0 aliphatic carbocycles. The molecule has 0 radical (unpaired) electrons. The molecule has 0 bridgehead atoms. The maximum Gasteiger partial charge on any atom is 0.348 e. The molecule has 1 aromatic rings. The number of cyclic esters (lactones) is 2. The lowest BCUT2D eigenvalue weighted by Gasteiger charge is -2.29. The van der Waals surface area contributed by atoms with Crippen molar-refractivity contribution in [3.05, 3.63) is 33.8 Å². The molecule has 2 fully saturated rings. The summed E-state index contributed by atoms with van der Waals surface area (Å²) in [6.07, 6.45) is 0.950. The summed E-state index contributed by atoms with van der Waals surface area (Å²) < 4.78 is 27.3. The maximum absolute atomic E-state index is 12.1. The molecular formula is C17H17BrO7. The number of esters is 2. The van der Waals surface area contributed by atoms with E-state index in [1.807, 2.05) is 0 Å². The van der Waals surface area contributed by atoms with E-state index in [2.05, 4.69) is 15.9 Å². The second-order valence-electron chi connectivity index (χ2n) is 5.90. The van der Waals surface area contributed by atoms with Crippen molar-refractivity contribution in [1.82, 2.24) is 0 Å². The lowest BCUT2D eigenvalue weighted by molar-refractivity contribution is -0.222. The van der Waals surface area contributed by atoms with Gasteiger partial charge in [-0.25, -0.2) is 9.59 Å². The molecule has 0 spiro atoms. The average molecular weight is 413 g/mol. The number of hydrogen-bond donors (Lipinski definition) is 0. The Morgan fingerprint density at radius 2 is 1.84 bits per heavy atom. The number of halogens is 1. The van der Waals surface area contributed by atoms with Gasteiger partial charge in [-0.2, -0.15) is 0 Å². The van der Waals surface area contributed by atoms with E-state index >= 15 is 0 Å². The highest BCUT2D eigenvalue weighted by Crippen LogP contribution is 2.29. The molecule has 2 aliphatic rings. The molecule has 3 rings (SSSR count). The third kappa shape index (κ3) is 4.39. The molecule has 7 nitrogen and oxygen atoms in total. The van der Waals surface area contributed by atoms with E-state index in [1.165, 1.54) is 19.9 Å². The minimum Gasteiger partial charge on any atom is -0.488 e. The molecule has 134 valence electrons. The molecule has 0 amide bonds. The molecule has 0 N–H and O–H groups in total. The SMILES string of the molecule is CC1(C)OC(=O)C(=Cc2cc(Br)ccc2OCC2OCCO2)C(=O)O1. The zero-order valence-corrected chi connectivity index (χ0v) is 15.3. The molecule has 0 unspecified atom stereocenters. The van der Waals surface area contributed by atoms with Crippen LogP contribution in [0.2, 0.25) is 0 Å². The average Bonchev–Trinajstić information content (AvgIpc) is 3.02. The topological polar surface area (TPSA) is 80.3 Å². The molecule has 1 aromatic carbocycles. The Kier molecular flexibility index (Phi) is 5.12. The quantitative estimate of drug-likeness (QED) is 0.426. The molecule has 0 saturated carbocycles.